The van der Waals surface area contributed by atoms with E-state index in [0.29, 0.717) is 27.3 Å². The molecule has 1 heterocycles. The second kappa shape index (κ2) is 9.52. The minimum Gasteiger partial charge on any atom is -0.507 e. The Morgan fingerprint density at radius 2 is 1.81 bits per heavy atom. The highest BCUT2D eigenvalue weighted by molar-refractivity contribution is 6.31. The number of hydrogen-bond acceptors (Lipinski definition) is 4. The quantitative estimate of drug-likeness (QED) is 0.360. The third-order valence-electron chi connectivity index (χ3n) is 5.08. The highest BCUT2D eigenvalue weighted by atomic mass is 35.5. The van der Waals surface area contributed by atoms with E-state index in [1.165, 1.54) is 12.1 Å². The zero-order valence-electron chi connectivity index (χ0n) is 16.6. The van der Waals surface area contributed by atoms with E-state index in [-0.39, 0.29) is 37.1 Å². The van der Waals surface area contributed by atoms with Gasteiger partial charge in [0.25, 0.3) is 0 Å². The van der Waals surface area contributed by atoms with Crippen LogP contribution >= 0.6 is 24.0 Å². The lowest BCUT2D eigenvalue weighted by Crippen LogP contribution is -2.14. The van der Waals surface area contributed by atoms with Gasteiger partial charge in [-0.3, -0.25) is 0 Å². The molecular weight excluding hydrogens is 440 g/mol. The van der Waals surface area contributed by atoms with Gasteiger partial charge in [0.2, 0.25) is 0 Å². The third-order valence-corrected chi connectivity index (χ3v) is 5.44. The summed E-state index contributed by atoms with van der Waals surface area (Å²) in [5.41, 5.74) is 2.92. The summed E-state index contributed by atoms with van der Waals surface area (Å²) < 4.78 is 19.4. The van der Waals surface area contributed by atoms with E-state index in [4.69, 9.17) is 16.0 Å². The zero-order chi connectivity index (χ0) is 21.3. The van der Waals surface area contributed by atoms with Crippen molar-refractivity contribution in [2.75, 3.05) is 0 Å². The van der Waals surface area contributed by atoms with Gasteiger partial charge in [0, 0.05) is 46.3 Å². The summed E-state index contributed by atoms with van der Waals surface area (Å²) >= 11 is 6.08. The Bertz CT molecular complexity index is 1270. The number of hydrogen-bond donors (Lipinski definition) is 2. The summed E-state index contributed by atoms with van der Waals surface area (Å²) in [6.07, 6.45) is 0. The molecule has 4 nitrogen and oxygen atoms in total. The Morgan fingerprint density at radius 1 is 1.06 bits per heavy atom. The van der Waals surface area contributed by atoms with Crippen molar-refractivity contribution in [2.45, 2.75) is 20.0 Å². The molecule has 3 aromatic carbocycles. The van der Waals surface area contributed by atoms with Gasteiger partial charge in [0.1, 0.15) is 17.1 Å². The minimum absolute atomic E-state index is 0. The van der Waals surface area contributed by atoms with Crippen molar-refractivity contribution in [3.63, 3.8) is 0 Å². The Balaban J connectivity index is 0.00000272. The molecule has 1 aromatic heterocycles. The first-order valence-corrected chi connectivity index (χ1v) is 9.82. The number of aromatic hydroxyl groups is 1. The smallest absolute Gasteiger partial charge is 0.336 e. The van der Waals surface area contributed by atoms with Crippen LogP contribution in [0.1, 0.15) is 16.7 Å². The minimum atomic E-state index is -0.482. The molecule has 0 amide bonds. The van der Waals surface area contributed by atoms with Crippen LogP contribution in [0.3, 0.4) is 0 Å². The molecule has 7 heteroatoms. The maximum atomic E-state index is 14.0. The topological polar surface area (TPSA) is 62.5 Å². The summed E-state index contributed by atoms with van der Waals surface area (Å²) in [4.78, 5) is 12.1. The first-order chi connectivity index (χ1) is 14.5. The summed E-state index contributed by atoms with van der Waals surface area (Å²) in [6.45, 7) is 2.19. The van der Waals surface area contributed by atoms with Crippen LogP contribution in [0.2, 0.25) is 5.02 Å². The van der Waals surface area contributed by atoms with E-state index in [2.05, 4.69) is 5.32 Å². The van der Waals surface area contributed by atoms with Gasteiger partial charge in [-0.2, -0.15) is 0 Å². The van der Waals surface area contributed by atoms with Gasteiger partial charge < -0.3 is 14.8 Å². The monoisotopic (exact) mass is 459 g/mol. The number of aryl methyl sites for hydroxylation is 1. The maximum Gasteiger partial charge on any atom is 0.336 e. The third kappa shape index (κ3) is 4.59. The van der Waals surface area contributed by atoms with Gasteiger partial charge in [-0.25, -0.2) is 9.18 Å². The Morgan fingerprint density at radius 3 is 2.52 bits per heavy atom. The van der Waals surface area contributed by atoms with Crippen molar-refractivity contribution in [3.05, 3.63) is 98.6 Å². The zero-order valence-corrected chi connectivity index (χ0v) is 18.2. The molecule has 0 aliphatic rings. The van der Waals surface area contributed by atoms with Gasteiger partial charge >= 0.3 is 5.63 Å². The summed E-state index contributed by atoms with van der Waals surface area (Å²) in [6, 6.07) is 17.3. The lowest BCUT2D eigenvalue weighted by atomic mass is 9.97. The van der Waals surface area contributed by atoms with E-state index >= 15 is 0 Å². The van der Waals surface area contributed by atoms with Crippen molar-refractivity contribution < 1.29 is 13.9 Å². The molecule has 0 atom stereocenters. The second-order valence-electron chi connectivity index (χ2n) is 7.03. The number of phenols is 1. The Labute approximate surface area is 189 Å². The summed E-state index contributed by atoms with van der Waals surface area (Å²) in [7, 11) is 0. The van der Waals surface area contributed by atoms with Gasteiger partial charge in [-0.1, -0.05) is 48.0 Å². The van der Waals surface area contributed by atoms with Gasteiger partial charge in [-0.15, -0.1) is 12.4 Å². The van der Waals surface area contributed by atoms with Crippen molar-refractivity contribution in [2.24, 2.45) is 0 Å². The molecule has 0 fully saturated rings. The van der Waals surface area contributed by atoms with E-state index < -0.39 is 5.63 Å². The summed E-state index contributed by atoms with van der Waals surface area (Å²) in [5, 5.41) is 14.8. The second-order valence-corrected chi connectivity index (χ2v) is 7.44. The molecule has 0 unspecified atom stereocenters. The fraction of sp³-hybridized carbons (Fsp3) is 0.125. The van der Waals surface area contributed by atoms with Crippen molar-refractivity contribution >= 4 is 35.0 Å². The van der Waals surface area contributed by atoms with Crippen LogP contribution in [-0.4, -0.2) is 5.11 Å². The summed E-state index contributed by atoms with van der Waals surface area (Å²) in [5.74, 6) is -0.356. The molecule has 0 spiro atoms. The lowest BCUT2D eigenvalue weighted by molar-refractivity contribution is 0.457. The van der Waals surface area contributed by atoms with E-state index in [9.17, 15) is 14.3 Å². The van der Waals surface area contributed by atoms with Crippen LogP contribution < -0.4 is 10.9 Å². The predicted molar refractivity (Wildman–Crippen MR) is 124 cm³/mol. The molecule has 31 heavy (non-hydrogen) atoms. The average molecular weight is 460 g/mol. The highest BCUT2D eigenvalue weighted by Crippen LogP contribution is 2.35. The van der Waals surface area contributed by atoms with E-state index in [1.807, 2.05) is 30.3 Å². The normalized spacial score (nSPS) is 10.8. The standard InChI is InChI=1S/C24H19ClFNO3.ClH/c1-14-23(29)16(12-27-13-19-20(25)8-5-9-21(19)26)10-18-17(11-22(28)30-24(14)18)15-6-3-2-4-7-15;/h2-11,27,29H,12-13H2,1H3;1H. The van der Waals surface area contributed by atoms with Crippen LogP contribution in [0.15, 0.2) is 69.9 Å². The number of nitrogens with one attached hydrogen (secondary N) is 1. The number of fused-ring (bicyclic) bond motifs is 1. The molecule has 0 bridgehead atoms. The Kier molecular flexibility index (Phi) is 7.01. The maximum absolute atomic E-state index is 14.0. The van der Waals surface area contributed by atoms with Crippen molar-refractivity contribution in [1.82, 2.24) is 5.32 Å². The lowest BCUT2D eigenvalue weighted by Gasteiger charge is -2.14. The number of halogens is 3. The number of rotatable bonds is 5. The molecule has 4 aromatic rings. The fourth-order valence-electron chi connectivity index (χ4n) is 3.53. The van der Waals surface area contributed by atoms with Gasteiger partial charge in [0.15, 0.2) is 0 Å². The Hall–Kier alpha value is -2.86. The van der Waals surface area contributed by atoms with Crippen LogP contribution in [0.4, 0.5) is 4.39 Å². The largest absolute Gasteiger partial charge is 0.507 e. The molecular formula is C24H20Cl2FNO3. The molecule has 4 rings (SSSR count). The SMILES string of the molecule is Cc1c(O)c(CNCc2c(F)cccc2Cl)cc2c(-c3ccccc3)cc(=O)oc12.Cl. The number of phenolic OH excluding ortho intramolecular Hbond substituents is 1. The van der Waals surface area contributed by atoms with Crippen LogP contribution in [0.25, 0.3) is 22.1 Å². The molecule has 0 aliphatic heterocycles. The molecule has 2 N–H and O–H groups in total. The first kappa shape index (κ1) is 22.8. The van der Waals surface area contributed by atoms with Crippen LogP contribution in [-0.2, 0) is 13.1 Å². The van der Waals surface area contributed by atoms with Crippen molar-refractivity contribution in [3.8, 4) is 16.9 Å². The molecule has 160 valence electrons. The molecule has 0 saturated heterocycles. The fourth-order valence-corrected chi connectivity index (χ4v) is 3.76. The average Bonchev–Trinajstić information content (AvgIpc) is 2.74. The van der Waals surface area contributed by atoms with Crippen LogP contribution in [0, 0.1) is 12.7 Å². The van der Waals surface area contributed by atoms with E-state index in [1.54, 1.807) is 25.1 Å². The molecule has 0 aliphatic carbocycles. The van der Waals surface area contributed by atoms with Gasteiger partial charge in [0.05, 0.1) is 0 Å². The van der Waals surface area contributed by atoms with Crippen LogP contribution in [0.5, 0.6) is 5.75 Å². The van der Waals surface area contributed by atoms with Crippen molar-refractivity contribution in [1.29, 1.82) is 0 Å². The highest BCUT2D eigenvalue weighted by Gasteiger charge is 2.16. The molecule has 0 radical (unpaired) electrons. The van der Waals surface area contributed by atoms with E-state index in [0.717, 1.165) is 16.5 Å². The van der Waals surface area contributed by atoms with Gasteiger partial charge in [-0.05, 0) is 36.2 Å². The predicted octanol–water partition coefficient (Wildman–Crippen LogP) is 5.98. The first-order valence-electron chi connectivity index (χ1n) is 9.44. The molecule has 0 saturated carbocycles. The number of benzene rings is 3.